The molecule has 2 aliphatic rings. The van der Waals surface area contributed by atoms with E-state index < -0.39 is 5.41 Å². The summed E-state index contributed by atoms with van der Waals surface area (Å²) in [7, 11) is 0. The zero-order valence-electron chi connectivity index (χ0n) is 17.4. The maximum absolute atomic E-state index is 14.3. The van der Waals surface area contributed by atoms with Crippen LogP contribution in [0, 0.1) is 5.41 Å². The van der Waals surface area contributed by atoms with Crippen LogP contribution in [0.25, 0.3) is 0 Å². The van der Waals surface area contributed by atoms with E-state index in [1.807, 2.05) is 97.9 Å². The molecule has 5 rings (SSSR count). The summed E-state index contributed by atoms with van der Waals surface area (Å²) in [5.41, 5.74) is 2.64. The number of nitrogens with zero attached hydrogens (tertiary/aromatic N) is 2. The van der Waals surface area contributed by atoms with E-state index in [9.17, 15) is 9.59 Å². The first kappa shape index (κ1) is 19.4. The molecule has 3 aromatic carbocycles. The van der Waals surface area contributed by atoms with Gasteiger partial charge in [0.05, 0.1) is 11.4 Å². The lowest BCUT2D eigenvalue weighted by Gasteiger charge is -2.45. The number of hydrogen-bond donors (Lipinski definition) is 0. The predicted octanol–water partition coefficient (Wildman–Crippen LogP) is 5.33. The minimum atomic E-state index is -0.896. The van der Waals surface area contributed by atoms with Gasteiger partial charge < -0.3 is 0 Å². The van der Waals surface area contributed by atoms with E-state index in [4.69, 9.17) is 5.10 Å². The lowest BCUT2D eigenvalue weighted by atomic mass is 9.54. The monoisotopic (exact) mass is 408 g/mol. The van der Waals surface area contributed by atoms with Crippen molar-refractivity contribution in [3.8, 4) is 0 Å². The topological polar surface area (TPSA) is 49.7 Å². The summed E-state index contributed by atoms with van der Waals surface area (Å²) in [5, 5.41) is 6.32. The molecular weight excluding hydrogens is 384 g/mol. The molecule has 1 saturated carbocycles. The van der Waals surface area contributed by atoms with Crippen LogP contribution in [-0.2, 0) is 9.59 Å². The molecule has 3 aromatic rings. The second kappa shape index (κ2) is 7.62. The molecule has 1 aliphatic carbocycles. The number of benzene rings is 3. The SMILES string of the molecule is CC1=NN(c2ccccc2)C(=O)C12[C@@H](c1ccccc1)CC(=O)C[C@H]2c1ccccc1. The van der Waals surface area contributed by atoms with Crippen LogP contribution in [0.1, 0.15) is 42.7 Å². The van der Waals surface area contributed by atoms with Gasteiger partial charge in [-0.2, -0.15) is 10.1 Å². The molecule has 0 radical (unpaired) electrons. The Labute approximate surface area is 182 Å². The summed E-state index contributed by atoms with van der Waals surface area (Å²) < 4.78 is 0. The Kier molecular flexibility index (Phi) is 4.78. The lowest BCUT2D eigenvalue weighted by Crippen LogP contribution is -2.52. The molecule has 1 aliphatic heterocycles. The van der Waals surface area contributed by atoms with Crippen LogP contribution >= 0.6 is 0 Å². The molecule has 1 amide bonds. The standard InChI is InChI=1S/C27H24N2O2/c1-19-27(26(31)29(28-19)22-15-9-4-10-16-22)24(20-11-5-2-6-12-20)17-23(30)18-25(27)21-13-7-3-8-14-21/h2-16,24-25H,17-18H2,1H3/t24-,25+,27?. The number of hydrogen-bond acceptors (Lipinski definition) is 3. The second-order valence-electron chi connectivity index (χ2n) is 8.38. The number of ketones is 1. The molecular formula is C27H24N2O2. The van der Waals surface area contributed by atoms with Crippen LogP contribution in [0.3, 0.4) is 0 Å². The van der Waals surface area contributed by atoms with Crippen molar-refractivity contribution in [2.24, 2.45) is 10.5 Å². The lowest BCUT2D eigenvalue weighted by molar-refractivity contribution is -0.131. The van der Waals surface area contributed by atoms with Gasteiger partial charge in [0.2, 0.25) is 0 Å². The average Bonchev–Trinajstić information content (AvgIpc) is 3.08. The third-order valence-corrected chi connectivity index (χ3v) is 6.76. The fourth-order valence-electron chi connectivity index (χ4n) is 5.39. The van der Waals surface area contributed by atoms with Crippen LogP contribution in [0.2, 0.25) is 0 Å². The van der Waals surface area contributed by atoms with Gasteiger partial charge in [0, 0.05) is 24.7 Å². The van der Waals surface area contributed by atoms with Crippen LogP contribution < -0.4 is 5.01 Å². The van der Waals surface area contributed by atoms with Crippen molar-refractivity contribution in [3.63, 3.8) is 0 Å². The molecule has 31 heavy (non-hydrogen) atoms. The van der Waals surface area contributed by atoms with Gasteiger partial charge in [-0.25, -0.2) is 0 Å². The normalized spacial score (nSPS) is 25.7. The number of rotatable bonds is 3. The molecule has 1 spiro atoms. The first-order chi connectivity index (χ1) is 15.1. The molecule has 4 heteroatoms. The molecule has 0 aromatic heterocycles. The average molecular weight is 409 g/mol. The minimum Gasteiger partial charge on any atom is -0.300 e. The Hall–Kier alpha value is -3.53. The van der Waals surface area contributed by atoms with Crippen molar-refractivity contribution in [3.05, 3.63) is 102 Å². The molecule has 1 unspecified atom stereocenters. The van der Waals surface area contributed by atoms with Gasteiger partial charge in [0.15, 0.2) is 0 Å². The molecule has 3 atom stereocenters. The van der Waals surface area contributed by atoms with Crippen molar-refractivity contribution in [2.75, 3.05) is 5.01 Å². The molecule has 0 saturated heterocycles. The van der Waals surface area contributed by atoms with Crippen LogP contribution in [-0.4, -0.2) is 17.4 Å². The molecule has 154 valence electrons. The number of hydrazone groups is 1. The van der Waals surface area contributed by atoms with Crippen LogP contribution in [0.4, 0.5) is 5.69 Å². The van der Waals surface area contributed by atoms with Gasteiger partial charge in [0.25, 0.3) is 5.91 Å². The van der Waals surface area contributed by atoms with Crippen molar-refractivity contribution < 1.29 is 9.59 Å². The summed E-state index contributed by atoms with van der Waals surface area (Å²) in [6.07, 6.45) is 0.684. The van der Waals surface area contributed by atoms with Crippen molar-refractivity contribution in [1.29, 1.82) is 0 Å². The van der Waals surface area contributed by atoms with E-state index in [2.05, 4.69) is 0 Å². The zero-order valence-corrected chi connectivity index (χ0v) is 17.4. The van der Waals surface area contributed by atoms with E-state index >= 15 is 0 Å². The fourth-order valence-corrected chi connectivity index (χ4v) is 5.39. The quantitative estimate of drug-likeness (QED) is 0.588. The second-order valence-corrected chi connectivity index (χ2v) is 8.38. The summed E-state index contributed by atoms with van der Waals surface area (Å²) in [6.45, 7) is 1.95. The Morgan fingerprint density at radius 1 is 0.742 bits per heavy atom. The highest BCUT2D eigenvalue weighted by Crippen LogP contribution is 2.58. The Morgan fingerprint density at radius 2 is 1.19 bits per heavy atom. The number of amides is 1. The zero-order chi connectivity index (χ0) is 21.4. The highest BCUT2D eigenvalue weighted by atomic mass is 16.2. The van der Waals surface area contributed by atoms with Crippen molar-refractivity contribution in [2.45, 2.75) is 31.6 Å². The van der Waals surface area contributed by atoms with Crippen molar-refractivity contribution >= 4 is 23.1 Å². The first-order valence-electron chi connectivity index (χ1n) is 10.7. The van der Waals surface area contributed by atoms with E-state index in [1.165, 1.54) is 5.01 Å². The van der Waals surface area contributed by atoms with Crippen molar-refractivity contribution in [1.82, 2.24) is 0 Å². The highest BCUT2D eigenvalue weighted by Gasteiger charge is 2.62. The summed E-state index contributed by atoms with van der Waals surface area (Å²) >= 11 is 0. The smallest absolute Gasteiger partial charge is 0.260 e. The number of para-hydroxylation sites is 1. The van der Waals surface area contributed by atoms with Gasteiger partial charge >= 0.3 is 0 Å². The molecule has 1 heterocycles. The van der Waals surface area contributed by atoms with Gasteiger partial charge in [-0.15, -0.1) is 0 Å². The Bertz CT molecular complexity index is 1090. The number of Topliss-reactive ketones (excluding diaryl/α,β-unsaturated/α-hetero) is 1. The Balaban J connectivity index is 1.72. The van der Waals surface area contributed by atoms with Gasteiger partial charge in [0.1, 0.15) is 11.2 Å². The molecule has 0 bridgehead atoms. The third-order valence-electron chi connectivity index (χ3n) is 6.76. The number of anilines is 1. The van der Waals surface area contributed by atoms with E-state index in [-0.39, 0.29) is 23.5 Å². The molecule has 0 N–H and O–H groups in total. The van der Waals surface area contributed by atoms with Gasteiger partial charge in [-0.05, 0) is 30.2 Å². The largest absolute Gasteiger partial charge is 0.300 e. The predicted molar refractivity (Wildman–Crippen MR) is 122 cm³/mol. The van der Waals surface area contributed by atoms with E-state index in [1.54, 1.807) is 0 Å². The summed E-state index contributed by atoms with van der Waals surface area (Å²) in [6, 6.07) is 29.5. The van der Waals surface area contributed by atoms with Gasteiger partial charge in [-0.1, -0.05) is 78.9 Å². The van der Waals surface area contributed by atoms with Crippen LogP contribution in [0.15, 0.2) is 96.1 Å². The maximum Gasteiger partial charge on any atom is 0.260 e. The fraction of sp³-hybridized carbons (Fsp3) is 0.222. The minimum absolute atomic E-state index is 0.0496. The maximum atomic E-state index is 14.3. The van der Waals surface area contributed by atoms with Gasteiger partial charge in [-0.3, -0.25) is 9.59 Å². The molecule has 1 fully saturated rings. The summed E-state index contributed by atoms with van der Waals surface area (Å²) in [5.74, 6) is -0.381. The third kappa shape index (κ3) is 3.02. The highest BCUT2D eigenvalue weighted by molar-refractivity contribution is 6.21. The number of carbonyl (C=O) groups is 2. The number of carbonyl (C=O) groups excluding carboxylic acids is 2. The first-order valence-corrected chi connectivity index (χ1v) is 10.7. The molecule has 4 nitrogen and oxygen atoms in total. The Morgan fingerprint density at radius 3 is 1.68 bits per heavy atom. The van der Waals surface area contributed by atoms with E-state index in [0.29, 0.717) is 12.8 Å². The van der Waals surface area contributed by atoms with Crippen LogP contribution in [0.5, 0.6) is 0 Å². The summed E-state index contributed by atoms with van der Waals surface area (Å²) in [4.78, 5) is 27.2. The van der Waals surface area contributed by atoms with E-state index in [0.717, 1.165) is 22.5 Å².